The van der Waals surface area contributed by atoms with Crippen LogP contribution in [0.15, 0.2) is 29.3 Å². The van der Waals surface area contributed by atoms with Crippen molar-refractivity contribution >= 4 is 34.1 Å². The first-order valence-corrected chi connectivity index (χ1v) is 6.54. The summed E-state index contributed by atoms with van der Waals surface area (Å²) in [5, 5.41) is 0. The van der Waals surface area contributed by atoms with Crippen molar-refractivity contribution in [2.24, 2.45) is 0 Å². The maximum absolute atomic E-state index is 13.3. The molecule has 0 aliphatic carbocycles. The van der Waals surface area contributed by atoms with E-state index in [1.54, 1.807) is 6.07 Å². The summed E-state index contributed by atoms with van der Waals surface area (Å²) >= 11 is 1.96. The van der Waals surface area contributed by atoms with Crippen LogP contribution in [0.25, 0.3) is 0 Å². The zero-order chi connectivity index (χ0) is 12.7. The van der Waals surface area contributed by atoms with E-state index < -0.39 is 0 Å². The lowest BCUT2D eigenvalue weighted by Crippen LogP contribution is -2.21. The van der Waals surface area contributed by atoms with Crippen LogP contribution in [0.2, 0.25) is 0 Å². The molecule has 0 spiro atoms. The van der Waals surface area contributed by atoms with Crippen LogP contribution in [0.1, 0.15) is 5.56 Å². The fourth-order valence-electron chi connectivity index (χ4n) is 2.13. The van der Waals surface area contributed by atoms with Crippen LogP contribution in [-0.4, -0.2) is 16.5 Å². The molecule has 92 valence electrons. The van der Waals surface area contributed by atoms with Gasteiger partial charge in [-0.1, -0.05) is 6.07 Å². The lowest BCUT2D eigenvalue weighted by Gasteiger charge is -2.18. The molecule has 1 aromatic carbocycles. The van der Waals surface area contributed by atoms with Gasteiger partial charge in [-0.2, -0.15) is 0 Å². The Balaban J connectivity index is 2.14. The van der Waals surface area contributed by atoms with Crippen LogP contribution >= 0.6 is 22.6 Å². The van der Waals surface area contributed by atoms with Gasteiger partial charge >= 0.3 is 0 Å². The molecule has 6 heteroatoms. The number of hydrogen-bond acceptors (Lipinski definition) is 3. The molecule has 0 amide bonds. The highest BCUT2D eigenvalue weighted by atomic mass is 127. The number of H-pyrrole nitrogens is 1. The highest BCUT2D eigenvalue weighted by Crippen LogP contribution is 2.34. The maximum Gasteiger partial charge on any atom is 0.266 e. The van der Waals surface area contributed by atoms with Crippen molar-refractivity contribution in [1.29, 1.82) is 0 Å². The van der Waals surface area contributed by atoms with E-state index in [0.29, 0.717) is 15.9 Å². The van der Waals surface area contributed by atoms with E-state index in [2.05, 4.69) is 9.97 Å². The maximum atomic E-state index is 13.3. The van der Waals surface area contributed by atoms with Gasteiger partial charge in [0, 0.05) is 12.2 Å². The average Bonchev–Trinajstić information content (AvgIpc) is 2.75. The van der Waals surface area contributed by atoms with Gasteiger partial charge < -0.3 is 9.88 Å². The van der Waals surface area contributed by atoms with Crippen molar-refractivity contribution < 1.29 is 4.39 Å². The number of halogens is 2. The fourth-order valence-corrected chi connectivity index (χ4v) is 2.72. The Morgan fingerprint density at radius 1 is 1.44 bits per heavy atom. The predicted octanol–water partition coefficient (Wildman–Crippen LogP) is 2.21. The molecular weight excluding hydrogens is 348 g/mol. The highest BCUT2D eigenvalue weighted by Gasteiger charge is 2.24. The van der Waals surface area contributed by atoms with Gasteiger partial charge in [-0.25, -0.2) is 9.37 Å². The second kappa shape index (κ2) is 4.34. The van der Waals surface area contributed by atoms with Gasteiger partial charge in [-0.15, -0.1) is 0 Å². The molecule has 0 atom stereocenters. The standard InChI is InChI=1S/C12H9FIN3O/c13-8-2-1-7-3-4-17(9(7)5-8)11-10(14)12(18)16-6-15-11/h1-2,5-6H,3-4H2,(H,15,16,18). The summed E-state index contributed by atoms with van der Waals surface area (Å²) in [5.41, 5.74) is 1.70. The first-order chi connectivity index (χ1) is 8.66. The molecule has 0 bridgehead atoms. The lowest BCUT2D eigenvalue weighted by molar-refractivity contribution is 0.628. The van der Waals surface area contributed by atoms with Crippen LogP contribution in [0.4, 0.5) is 15.9 Å². The van der Waals surface area contributed by atoms with E-state index in [1.807, 2.05) is 27.5 Å². The van der Waals surface area contributed by atoms with E-state index in [4.69, 9.17) is 0 Å². The minimum absolute atomic E-state index is 0.176. The third-order valence-electron chi connectivity index (χ3n) is 2.98. The first-order valence-electron chi connectivity index (χ1n) is 5.46. The lowest BCUT2D eigenvalue weighted by atomic mass is 10.2. The second-order valence-corrected chi connectivity index (χ2v) is 5.12. The predicted molar refractivity (Wildman–Crippen MR) is 74.7 cm³/mol. The molecular formula is C12H9FIN3O. The molecule has 0 radical (unpaired) electrons. The van der Waals surface area contributed by atoms with Crippen LogP contribution in [0.5, 0.6) is 0 Å². The molecule has 2 heterocycles. The third-order valence-corrected chi connectivity index (χ3v) is 3.95. The molecule has 1 aliphatic rings. The topological polar surface area (TPSA) is 49.0 Å². The van der Waals surface area contributed by atoms with E-state index >= 15 is 0 Å². The number of hydrogen-bond donors (Lipinski definition) is 1. The van der Waals surface area contributed by atoms with Gasteiger partial charge in [0.25, 0.3) is 5.56 Å². The number of nitrogens with one attached hydrogen (secondary N) is 1. The number of nitrogens with zero attached hydrogens (tertiary/aromatic N) is 2. The van der Waals surface area contributed by atoms with Gasteiger partial charge in [0.1, 0.15) is 9.39 Å². The molecule has 18 heavy (non-hydrogen) atoms. The van der Waals surface area contributed by atoms with E-state index in [1.165, 1.54) is 18.5 Å². The van der Waals surface area contributed by atoms with E-state index in [9.17, 15) is 9.18 Å². The van der Waals surface area contributed by atoms with Gasteiger partial charge in [-0.3, -0.25) is 4.79 Å². The number of aromatic nitrogens is 2. The Kier molecular flexibility index (Phi) is 2.81. The number of aromatic amines is 1. The van der Waals surface area contributed by atoms with Crippen molar-refractivity contribution in [2.75, 3.05) is 11.4 Å². The zero-order valence-electron chi connectivity index (χ0n) is 9.28. The molecule has 4 nitrogen and oxygen atoms in total. The summed E-state index contributed by atoms with van der Waals surface area (Å²) in [6.07, 6.45) is 2.21. The third kappa shape index (κ3) is 1.80. The van der Waals surface area contributed by atoms with Gasteiger partial charge in [0.2, 0.25) is 0 Å². The van der Waals surface area contributed by atoms with Gasteiger partial charge in [-0.05, 0) is 46.7 Å². The molecule has 0 fully saturated rings. The van der Waals surface area contributed by atoms with Crippen molar-refractivity contribution in [1.82, 2.24) is 9.97 Å². The zero-order valence-corrected chi connectivity index (χ0v) is 11.4. The van der Waals surface area contributed by atoms with Crippen molar-refractivity contribution in [3.63, 3.8) is 0 Å². The normalized spacial score (nSPS) is 13.8. The summed E-state index contributed by atoms with van der Waals surface area (Å²) in [6, 6.07) is 4.73. The summed E-state index contributed by atoms with van der Waals surface area (Å²) in [6.45, 7) is 0.714. The molecule has 0 unspecified atom stereocenters. The Hall–Kier alpha value is -1.44. The molecule has 0 saturated carbocycles. The first kappa shape index (κ1) is 11.6. The Labute approximate surface area is 116 Å². The van der Waals surface area contributed by atoms with Crippen molar-refractivity contribution in [3.05, 3.63) is 49.8 Å². The number of anilines is 2. The SMILES string of the molecule is O=c1[nH]cnc(N2CCc3ccc(F)cc32)c1I. The molecule has 1 aromatic heterocycles. The quantitative estimate of drug-likeness (QED) is 0.797. The molecule has 3 rings (SSSR count). The summed E-state index contributed by atoms with van der Waals surface area (Å²) in [5.74, 6) is 0.309. The summed E-state index contributed by atoms with van der Waals surface area (Å²) in [7, 11) is 0. The Bertz CT molecular complexity index is 671. The van der Waals surface area contributed by atoms with Crippen LogP contribution < -0.4 is 10.5 Å². The van der Waals surface area contributed by atoms with Crippen molar-refractivity contribution in [2.45, 2.75) is 6.42 Å². The number of rotatable bonds is 1. The Morgan fingerprint density at radius 2 is 2.28 bits per heavy atom. The summed E-state index contributed by atoms with van der Waals surface area (Å²) < 4.78 is 13.8. The van der Waals surface area contributed by atoms with Gasteiger partial charge in [0.05, 0.1) is 6.33 Å². The summed E-state index contributed by atoms with van der Waals surface area (Å²) in [4.78, 5) is 20.2. The Morgan fingerprint density at radius 3 is 3.11 bits per heavy atom. The number of benzene rings is 1. The number of fused-ring (bicyclic) bond motifs is 1. The molecule has 1 N–H and O–H groups in total. The fraction of sp³-hybridized carbons (Fsp3) is 0.167. The van der Waals surface area contributed by atoms with Crippen LogP contribution in [-0.2, 0) is 6.42 Å². The average molecular weight is 357 g/mol. The minimum Gasteiger partial charge on any atom is -0.325 e. The van der Waals surface area contributed by atoms with Crippen LogP contribution in [0.3, 0.4) is 0 Å². The van der Waals surface area contributed by atoms with Crippen molar-refractivity contribution in [3.8, 4) is 0 Å². The minimum atomic E-state index is -0.277. The smallest absolute Gasteiger partial charge is 0.266 e. The molecule has 1 aliphatic heterocycles. The second-order valence-electron chi connectivity index (χ2n) is 4.04. The largest absolute Gasteiger partial charge is 0.325 e. The highest BCUT2D eigenvalue weighted by molar-refractivity contribution is 14.1. The van der Waals surface area contributed by atoms with E-state index in [-0.39, 0.29) is 11.4 Å². The molecule has 0 saturated heterocycles. The molecule has 2 aromatic rings. The monoisotopic (exact) mass is 357 g/mol. The van der Waals surface area contributed by atoms with Gasteiger partial charge in [0.15, 0.2) is 5.82 Å². The van der Waals surface area contributed by atoms with E-state index in [0.717, 1.165) is 17.7 Å². The van der Waals surface area contributed by atoms with Crippen LogP contribution in [0, 0.1) is 9.39 Å².